The van der Waals surface area contributed by atoms with E-state index in [1.54, 1.807) is 23.2 Å². The molecule has 47 heavy (non-hydrogen) atoms. The van der Waals surface area contributed by atoms with Gasteiger partial charge in [0.2, 0.25) is 0 Å². The summed E-state index contributed by atoms with van der Waals surface area (Å²) < 4.78 is 7.84. The number of anilines is 2. The van der Waals surface area contributed by atoms with Crippen molar-refractivity contribution in [2.75, 3.05) is 10.6 Å². The van der Waals surface area contributed by atoms with Crippen molar-refractivity contribution in [3.8, 4) is 16.9 Å². The van der Waals surface area contributed by atoms with E-state index in [1.165, 1.54) is 0 Å². The van der Waals surface area contributed by atoms with E-state index in [9.17, 15) is 9.59 Å². The minimum atomic E-state index is -0.468. The monoisotopic (exact) mass is 631 g/mol. The maximum atomic E-state index is 14.4. The van der Waals surface area contributed by atoms with Gasteiger partial charge in [-0.05, 0) is 76.9 Å². The number of hydrogen-bond donors (Lipinski definition) is 2. The van der Waals surface area contributed by atoms with Gasteiger partial charge in [-0.15, -0.1) is 0 Å². The molecular formula is C39H45N5O3. The first-order chi connectivity index (χ1) is 22.8. The summed E-state index contributed by atoms with van der Waals surface area (Å²) in [5, 5.41) is 6.91. The van der Waals surface area contributed by atoms with Crippen molar-refractivity contribution in [1.82, 2.24) is 14.5 Å². The van der Waals surface area contributed by atoms with Crippen molar-refractivity contribution < 1.29 is 9.53 Å². The number of aryl methyl sites for hydroxylation is 1. The highest BCUT2D eigenvalue weighted by molar-refractivity contribution is 6.07. The molecule has 8 nitrogen and oxygen atoms in total. The standard InChI is InChI=1S/C39H45N5O3/c1-6-7-8-9-23-44-37-33(17-12-20-41-37)34(29-13-10-14-30(24-29)47-25-28-18-21-40-22-19-28)36(38(44)45)43-39(46)42-35-31(26(2)3)15-11-16-32(35)27(4)5/h10-22,24,26-27H,6-9,23,25H2,1-5H3,(H2,42,43,46). The van der Waals surface area contributed by atoms with Crippen molar-refractivity contribution in [3.63, 3.8) is 0 Å². The Morgan fingerprint density at radius 1 is 0.830 bits per heavy atom. The van der Waals surface area contributed by atoms with Crippen molar-refractivity contribution in [2.24, 2.45) is 0 Å². The molecule has 8 heteroatoms. The van der Waals surface area contributed by atoms with Crippen LogP contribution in [0.2, 0.25) is 0 Å². The maximum Gasteiger partial charge on any atom is 0.323 e. The summed E-state index contributed by atoms with van der Waals surface area (Å²) in [6.45, 7) is 11.5. The second-order valence-corrected chi connectivity index (χ2v) is 12.5. The van der Waals surface area contributed by atoms with Crippen LogP contribution in [-0.4, -0.2) is 20.6 Å². The Hall–Kier alpha value is -4.98. The minimum absolute atomic E-state index is 0.196. The van der Waals surface area contributed by atoms with Gasteiger partial charge >= 0.3 is 6.03 Å². The number of benzene rings is 2. The van der Waals surface area contributed by atoms with Crippen LogP contribution in [0.5, 0.6) is 5.75 Å². The number of rotatable bonds is 13. The minimum Gasteiger partial charge on any atom is -0.489 e. The van der Waals surface area contributed by atoms with Gasteiger partial charge in [-0.25, -0.2) is 9.78 Å². The Morgan fingerprint density at radius 3 is 2.23 bits per heavy atom. The van der Waals surface area contributed by atoms with Gasteiger partial charge in [-0.1, -0.05) is 84.2 Å². The van der Waals surface area contributed by atoms with Crippen LogP contribution in [0.25, 0.3) is 22.2 Å². The molecule has 0 unspecified atom stereocenters. The Morgan fingerprint density at radius 2 is 1.53 bits per heavy atom. The number of ether oxygens (including phenoxy) is 1. The molecule has 0 saturated carbocycles. The molecule has 3 aromatic heterocycles. The van der Waals surface area contributed by atoms with Gasteiger partial charge in [0.25, 0.3) is 5.56 Å². The second kappa shape index (κ2) is 15.5. The molecule has 0 spiro atoms. The molecule has 244 valence electrons. The molecule has 2 N–H and O–H groups in total. The maximum absolute atomic E-state index is 14.4. The number of aromatic nitrogens is 3. The number of carbonyl (C=O) groups excluding carboxylic acids is 1. The first-order valence-corrected chi connectivity index (χ1v) is 16.6. The van der Waals surface area contributed by atoms with Crippen LogP contribution in [0.3, 0.4) is 0 Å². The van der Waals surface area contributed by atoms with Crippen LogP contribution in [0.1, 0.15) is 88.8 Å². The lowest BCUT2D eigenvalue weighted by Crippen LogP contribution is -2.30. The molecule has 0 atom stereocenters. The molecule has 0 aliphatic heterocycles. The Bertz CT molecular complexity index is 1860. The number of urea groups is 1. The fourth-order valence-corrected chi connectivity index (χ4v) is 5.94. The zero-order valence-corrected chi connectivity index (χ0v) is 28.0. The molecule has 3 heterocycles. The second-order valence-electron chi connectivity index (χ2n) is 12.5. The van der Waals surface area contributed by atoms with E-state index in [-0.39, 0.29) is 23.1 Å². The topological polar surface area (TPSA) is 98.1 Å². The van der Waals surface area contributed by atoms with Crippen molar-refractivity contribution in [1.29, 1.82) is 0 Å². The summed E-state index contributed by atoms with van der Waals surface area (Å²) in [5.74, 6) is 1.03. The van der Waals surface area contributed by atoms with Crippen LogP contribution < -0.4 is 20.9 Å². The summed E-state index contributed by atoms with van der Waals surface area (Å²) in [4.78, 5) is 37.1. The van der Waals surface area contributed by atoms with E-state index >= 15 is 0 Å². The summed E-state index contributed by atoms with van der Waals surface area (Å²) in [5.41, 5.74) is 5.71. The van der Waals surface area contributed by atoms with E-state index < -0.39 is 6.03 Å². The van der Waals surface area contributed by atoms with E-state index in [4.69, 9.17) is 4.74 Å². The van der Waals surface area contributed by atoms with E-state index in [0.29, 0.717) is 30.1 Å². The first-order valence-electron chi connectivity index (χ1n) is 16.6. The average Bonchev–Trinajstić information content (AvgIpc) is 3.07. The normalized spacial score (nSPS) is 11.3. The Kier molecular flexibility index (Phi) is 11.0. The lowest BCUT2D eigenvalue weighted by Gasteiger charge is -2.22. The molecule has 0 saturated heterocycles. The third-order valence-electron chi connectivity index (χ3n) is 8.38. The van der Waals surface area contributed by atoms with Crippen LogP contribution >= 0.6 is 0 Å². The third-order valence-corrected chi connectivity index (χ3v) is 8.38. The van der Waals surface area contributed by atoms with Crippen LogP contribution in [0, 0.1) is 0 Å². The average molecular weight is 632 g/mol. The van der Waals surface area contributed by atoms with E-state index in [0.717, 1.165) is 59.0 Å². The number of hydrogen-bond acceptors (Lipinski definition) is 5. The number of amides is 2. The van der Waals surface area contributed by atoms with Crippen LogP contribution in [-0.2, 0) is 13.2 Å². The molecule has 0 radical (unpaired) electrons. The molecule has 2 amide bonds. The van der Waals surface area contributed by atoms with Gasteiger partial charge in [-0.2, -0.15) is 0 Å². The molecule has 2 aromatic carbocycles. The van der Waals surface area contributed by atoms with E-state index in [2.05, 4.69) is 55.2 Å². The Labute approximate surface area is 277 Å². The largest absolute Gasteiger partial charge is 0.489 e. The fraction of sp³-hybridized carbons (Fsp3) is 0.333. The fourth-order valence-electron chi connectivity index (χ4n) is 5.94. The lowest BCUT2D eigenvalue weighted by atomic mass is 9.93. The highest BCUT2D eigenvalue weighted by Crippen LogP contribution is 2.36. The quantitative estimate of drug-likeness (QED) is 0.126. The first kappa shape index (κ1) is 33.4. The summed E-state index contributed by atoms with van der Waals surface area (Å²) in [6, 6.07) is 20.9. The third kappa shape index (κ3) is 7.88. The van der Waals surface area contributed by atoms with Gasteiger partial charge in [0, 0.05) is 41.8 Å². The summed E-state index contributed by atoms with van der Waals surface area (Å²) >= 11 is 0. The van der Waals surface area contributed by atoms with E-state index in [1.807, 2.05) is 66.7 Å². The molecule has 0 fully saturated rings. The molecule has 5 rings (SSSR count). The highest BCUT2D eigenvalue weighted by atomic mass is 16.5. The van der Waals surface area contributed by atoms with Crippen LogP contribution in [0.4, 0.5) is 16.2 Å². The van der Waals surface area contributed by atoms with Crippen molar-refractivity contribution in [3.05, 3.63) is 112 Å². The highest BCUT2D eigenvalue weighted by Gasteiger charge is 2.23. The van der Waals surface area contributed by atoms with Gasteiger partial charge in [0.15, 0.2) is 0 Å². The molecular weight excluding hydrogens is 586 g/mol. The van der Waals surface area contributed by atoms with Crippen molar-refractivity contribution >= 4 is 28.4 Å². The molecule has 0 aliphatic rings. The molecule has 0 bridgehead atoms. The van der Waals surface area contributed by atoms with Gasteiger partial charge in [0.1, 0.15) is 23.7 Å². The number of nitrogens with one attached hydrogen (secondary N) is 2. The number of pyridine rings is 3. The number of unbranched alkanes of at least 4 members (excludes halogenated alkanes) is 3. The van der Waals surface area contributed by atoms with Gasteiger partial charge < -0.3 is 15.4 Å². The summed E-state index contributed by atoms with van der Waals surface area (Å²) in [7, 11) is 0. The van der Waals surface area contributed by atoms with Crippen molar-refractivity contribution in [2.45, 2.75) is 85.3 Å². The van der Waals surface area contributed by atoms with Gasteiger partial charge in [-0.3, -0.25) is 14.3 Å². The summed E-state index contributed by atoms with van der Waals surface area (Å²) in [6.07, 6.45) is 9.20. The zero-order chi connectivity index (χ0) is 33.3. The number of fused-ring (bicyclic) bond motifs is 1. The zero-order valence-electron chi connectivity index (χ0n) is 28.0. The molecule has 0 aliphatic carbocycles. The predicted molar refractivity (Wildman–Crippen MR) is 191 cm³/mol. The lowest BCUT2D eigenvalue weighted by molar-refractivity contribution is 0.262. The SMILES string of the molecule is CCCCCCn1c(=O)c(NC(=O)Nc2c(C(C)C)cccc2C(C)C)c(-c2cccc(OCc3ccncc3)c2)c2cccnc21. The smallest absolute Gasteiger partial charge is 0.323 e. The number of nitrogens with zero attached hydrogens (tertiary/aromatic N) is 3. The Balaban J connectivity index is 1.60. The molecule has 5 aromatic rings. The number of carbonyl (C=O) groups is 1. The number of para-hydroxylation sites is 1. The predicted octanol–water partition coefficient (Wildman–Crippen LogP) is 9.51. The van der Waals surface area contributed by atoms with Crippen LogP contribution in [0.15, 0.2) is 90.1 Å². The van der Waals surface area contributed by atoms with Gasteiger partial charge in [0.05, 0.1) is 0 Å².